The zero-order valence-electron chi connectivity index (χ0n) is 11.2. The monoisotopic (exact) mass is 232 g/mol. The van der Waals surface area contributed by atoms with Crippen LogP contribution in [0, 0.1) is 5.92 Å². The van der Waals surface area contributed by atoms with Gasteiger partial charge in [0.1, 0.15) is 0 Å². The second-order valence-corrected chi connectivity index (χ2v) is 5.21. The molecule has 0 heterocycles. The van der Waals surface area contributed by atoms with Crippen LogP contribution in [0.25, 0.3) is 0 Å². The molecule has 1 aromatic carbocycles. The summed E-state index contributed by atoms with van der Waals surface area (Å²) in [5, 5.41) is 3.64. The maximum absolute atomic E-state index is 3.64. The lowest BCUT2D eigenvalue weighted by molar-refractivity contribution is 0.233. The van der Waals surface area contributed by atoms with Crippen molar-refractivity contribution in [2.24, 2.45) is 5.92 Å². The van der Waals surface area contributed by atoms with Gasteiger partial charge >= 0.3 is 0 Å². The molecule has 1 saturated carbocycles. The third-order valence-electron chi connectivity index (χ3n) is 3.81. The van der Waals surface area contributed by atoms with Crippen molar-refractivity contribution in [2.45, 2.75) is 32.2 Å². The molecule has 2 heteroatoms. The van der Waals surface area contributed by atoms with Crippen molar-refractivity contribution in [3.8, 4) is 0 Å². The molecule has 0 radical (unpaired) electrons. The smallest absolute Gasteiger partial charge is 0.0361 e. The molecule has 1 aromatic rings. The number of rotatable bonds is 5. The van der Waals surface area contributed by atoms with Crippen LogP contribution in [-0.4, -0.2) is 20.6 Å². The van der Waals surface area contributed by atoms with Crippen LogP contribution >= 0.6 is 0 Å². The van der Waals surface area contributed by atoms with E-state index in [2.05, 4.69) is 55.5 Å². The summed E-state index contributed by atoms with van der Waals surface area (Å²) < 4.78 is 0. The Bertz CT molecular complexity index is 338. The van der Waals surface area contributed by atoms with Crippen LogP contribution in [0.4, 0.5) is 5.69 Å². The van der Waals surface area contributed by atoms with Crippen molar-refractivity contribution in [1.29, 1.82) is 0 Å². The molecular weight excluding hydrogens is 208 g/mol. The fourth-order valence-electron chi connectivity index (χ4n) is 2.53. The second-order valence-electron chi connectivity index (χ2n) is 5.21. The summed E-state index contributed by atoms with van der Waals surface area (Å²) in [6.45, 7) is 3.25. The van der Waals surface area contributed by atoms with Crippen LogP contribution < -0.4 is 10.2 Å². The fraction of sp³-hybridized carbons (Fsp3) is 0.600. The Kier molecular flexibility index (Phi) is 4.06. The normalized spacial score (nSPS) is 17.6. The highest BCUT2D eigenvalue weighted by Gasteiger charge is 2.27. The summed E-state index contributed by atoms with van der Waals surface area (Å²) in [4.78, 5) is 2.15. The van der Waals surface area contributed by atoms with Gasteiger partial charge in [-0.15, -0.1) is 0 Å². The summed E-state index contributed by atoms with van der Waals surface area (Å²) in [5.74, 6) is 0.847. The zero-order chi connectivity index (χ0) is 12.3. The van der Waals surface area contributed by atoms with E-state index in [1.54, 1.807) is 0 Å². The molecule has 0 aromatic heterocycles. The summed E-state index contributed by atoms with van der Waals surface area (Å²) in [6, 6.07) is 9.56. The van der Waals surface area contributed by atoms with E-state index in [-0.39, 0.29) is 0 Å². The molecule has 1 fully saturated rings. The number of hydrogen-bond acceptors (Lipinski definition) is 2. The summed E-state index contributed by atoms with van der Waals surface area (Å²) in [5.41, 5.74) is 2.72. The number of hydrogen-bond donors (Lipinski definition) is 1. The van der Waals surface area contributed by atoms with Crippen LogP contribution in [0.1, 0.15) is 37.8 Å². The van der Waals surface area contributed by atoms with E-state index in [0.29, 0.717) is 6.04 Å². The lowest BCUT2D eigenvalue weighted by Gasteiger charge is -2.34. The minimum absolute atomic E-state index is 0.560. The molecule has 0 bridgehead atoms. The Morgan fingerprint density at radius 3 is 2.29 bits per heavy atom. The average Bonchev–Trinajstić information content (AvgIpc) is 2.26. The molecule has 2 rings (SSSR count). The molecule has 0 amide bonds. The molecule has 2 nitrogen and oxygen atoms in total. The quantitative estimate of drug-likeness (QED) is 0.838. The predicted molar refractivity (Wildman–Crippen MR) is 74.5 cm³/mol. The average molecular weight is 232 g/mol. The van der Waals surface area contributed by atoms with Gasteiger partial charge in [-0.25, -0.2) is 0 Å². The van der Waals surface area contributed by atoms with E-state index in [4.69, 9.17) is 0 Å². The van der Waals surface area contributed by atoms with Crippen LogP contribution in [0.15, 0.2) is 24.3 Å². The zero-order valence-corrected chi connectivity index (χ0v) is 11.2. The summed E-state index contributed by atoms with van der Waals surface area (Å²) in [7, 11) is 4.17. The number of nitrogens with one attached hydrogen (secondary N) is 1. The molecule has 1 atom stereocenters. The van der Waals surface area contributed by atoms with E-state index < -0.39 is 0 Å². The van der Waals surface area contributed by atoms with Crippen molar-refractivity contribution in [1.82, 2.24) is 5.32 Å². The standard InChI is InChI=1S/C15H24N2/c1-4-16-15(12-6-5-7-12)13-8-10-14(11-9-13)17(2)3/h8-12,15-16H,4-7H2,1-3H3. The SMILES string of the molecule is CCNC(c1ccc(N(C)C)cc1)C1CCC1. The topological polar surface area (TPSA) is 15.3 Å². The van der Waals surface area contributed by atoms with Gasteiger partial charge in [0.15, 0.2) is 0 Å². The molecule has 1 unspecified atom stereocenters. The molecule has 0 spiro atoms. The predicted octanol–water partition coefficient (Wildman–Crippen LogP) is 3.20. The molecule has 1 N–H and O–H groups in total. The number of anilines is 1. The van der Waals surface area contributed by atoms with E-state index in [0.717, 1.165) is 12.5 Å². The Hall–Kier alpha value is -1.02. The van der Waals surface area contributed by atoms with Gasteiger partial charge in [-0.3, -0.25) is 0 Å². The third kappa shape index (κ3) is 2.81. The first-order chi connectivity index (χ1) is 8.22. The Morgan fingerprint density at radius 2 is 1.88 bits per heavy atom. The minimum atomic E-state index is 0.560. The first-order valence-electron chi connectivity index (χ1n) is 6.73. The van der Waals surface area contributed by atoms with Gasteiger partial charge < -0.3 is 10.2 Å². The lowest BCUT2D eigenvalue weighted by atomic mass is 9.77. The van der Waals surface area contributed by atoms with Gasteiger partial charge in [0.05, 0.1) is 0 Å². The molecule has 0 saturated heterocycles. The van der Waals surface area contributed by atoms with Crippen molar-refractivity contribution in [3.05, 3.63) is 29.8 Å². The Morgan fingerprint density at radius 1 is 1.24 bits per heavy atom. The van der Waals surface area contributed by atoms with Gasteiger partial charge in [0.25, 0.3) is 0 Å². The summed E-state index contributed by atoms with van der Waals surface area (Å²) in [6.07, 6.45) is 4.17. The highest BCUT2D eigenvalue weighted by molar-refractivity contribution is 5.46. The Balaban J connectivity index is 2.11. The van der Waals surface area contributed by atoms with E-state index in [1.807, 2.05) is 0 Å². The number of benzene rings is 1. The molecule has 0 aliphatic heterocycles. The number of nitrogens with zero attached hydrogens (tertiary/aromatic N) is 1. The molecule has 1 aliphatic rings. The van der Waals surface area contributed by atoms with Gasteiger partial charge in [-0.1, -0.05) is 25.5 Å². The first kappa shape index (κ1) is 12.4. The van der Waals surface area contributed by atoms with Crippen LogP contribution in [0.3, 0.4) is 0 Å². The highest BCUT2D eigenvalue weighted by Crippen LogP contribution is 2.37. The molecule has 1 aliphatic carbocycles. The van der Waals surface area contributed by atoms with E-state index in [9.17, 15) is 0 Å². The first-order valence-corrected chi connectivity index (χ1v) is 6.73. The second kappa shape index (κ2) is 5.54. The van der Waals surface area contributed by atoms with Crippen molar-refractivity contribution in [2.75, 3.05) is 25.5 Å². The van der Waals surface area contributed by atoms with Crippen LogP contribution in [-0.2, 0) is 0 Å². The molecular formula is C15H24N2. The molecule has 17 heavy (non-hydrogen) atoms. The van der Waals surface area contributed by atoms with Crippen LogP contribution in [0.5, 0.6) is 0 Å². The van der Waals surface area contributed by atoms with E-state index >= 15 is 0 Å². The van der Waals surface area contributed by atoms with Crippen molar-refractivity contribution < 1.29 is 0 Å². The maximum Gasteiger partial charge on any atom is 0.0361 e. The fourth-order valence-corrected chi connectivity index (χ4v) is 2.53. The largest absolute Gasteiger partial charge is 0.378 e. The highest BCUT2D eigenvalue weighted by atomic mass is 15.1. The van der Waals surface area contributed by atoms with Crippen molar-refractivity contribution >= 4 is 5.69 Å². The maximum atomic E-state index is 3.64. The van der Waals surface area contributed by atoms with Gasteiger partial charge in [-0.05, 0) is 43.0 Å². The molecule has 94 valence electrons. The lowest BCUT2D eigenvalue weighted by Crippen LogP contribution is -2.32. The third-order valence-corrected chi connectivity index (χ3v) is 3.81. The van der Waals surface area contributed by atoms with Gasteiger partial charge in [-0.2, -0.15) is 0 Å². The van der Waals surface area contributed by atoms with E-state index in [1.165, 1.54) is 30.5 Å². The van der Waals surface area contributed by atoms with Gasteiger partial charge in [0, 0.05) is 25.8 Å². The summed E-state index contributed by atoms with van der Waals surface area (Å²) >= 11 is 0. The minimum Gasteiger partial charge on any atom is -0.378 e. The van der Waals surface area contributed by atoms with Crippen LogP contribution in [0.2, 0.25) is 0 Å². The van der Waals surface area contributed by atoms with Crippen molar-refractivity contribution in [3.63, 3.8) is 0 Å². The Labute approximate surface area is 105 Å². The van der Waals surface area contributed by atoms with Gasteiger partial charge in [0.2, 0.25) is 0 Å².